The van der Waals surface area contributed by atoms with Crippen LogP contribution in [-0.2, 0) is 0 Å². The first-order chi connectivity index (χ1) is 9.75. The molecule has 1 aromatic heterocycles. The number of fused-ring (bicyclic) bond motifs is 1. The first-order valence-corrected chi connectivity index (χ1v) is 7.31. The van der Waals surface area contributed by atoms with E-state index < -0.39 is 0 Å². The Bertz CT molecular complexity index is 626. The molecule has 1 aromatic carbocycles. The van der Waals surface area contributed by atoms with Gasteiger partial charge in [0.15, 0.2) is 0 Å². The lowest BCUT2D eigenvalue weighted by Crippen LogP contribution is -2.31. The quantitative estimate of drug-likeness (QED) is 0.884. The molecule has 1 fully saturated rings. The van der Waals surface area contributed by atoms with Crippen LogP contribution in [0.15, 0.2) is 30.6 Å². The first kappa shape index (κ1) is 13.3. The topological polar surface area (TPSA) is 54.9 Å². The van der Waals surface area contributed by atoms with Crippen LogP contribution in [0.25, 0.3) is 11.0 Å². The zero-order valence-corrected chi connectivity index (χ0v) is 11.8. The van der Waals surface area contributed by atoms with Gasteiger partial charge in [0.25, 0.3) is 5.91 Å². The highest BCUT2D eigenvalue weighted by molar-refractivity contribution is 6.21. The van der Waals surface area contributed by atoms with Crippen molar-refractivity contribution in [1.29, 1.82) is 0 Å². The molecule has 1 heterocycles. The first-order valence-electron chi connectivity index (χ1n) is 6.87. The molecular weight excluding hydrogens is 274 g/mol. The summed E-state index contributed by atoms with van der Waals surface area (Å²) in [6, 6.07) is 5.45. The number of aromatic nitrogens is 2. The molecule has 0 saturated heterocycles. The summed E-state index contributed by atoms with van der Waals surface area (Å²) in [7, 11) is 0. The lowest BCUT2D eigenvalue weighted by Gasteiger charge is -2.14. The molecular formula is C15H16ClN3O. The molecule has 104 valence electrons. The Labute approximate surface area is 122 Å². The molecule has 0 spiro atoms. The average molecular weight is 290 g/mol. The van der Waals surface area contributed by atoms with Gasteiger partial charge in [-0.1, -0.05) is 12.5 Å². The molecule has 1 aliphatic rings. The van der Waals surface area contributed by atoms with Gasteiger partial charge in [-0.2, -0.15) is 0 Å². The van der Waals surface area contributed by atoms with E-state index in [0.29, 0.717) is 23.5 Å². The number of benzene rings is 1. The van der Waals surface area contributed by atoms with Crippen molar-refractivity contribution < 1.29 is 4.79 Å². The van der Waals surface area contributed by atoms with E-state index in [1.165, 1.54) is 0 Å². The Hall–Kier alpha value is -1.68. The van der Waals surface area contributed by atoms with Gasteiger partial charge >= 0.3 is 0 Å². The number of rotatable bonds is 3. The van der Waals surface area contributed by atoms with E-state index >= 15 is 0 Å². The zero-order chi connectivity index (χ0) is 13.9. The fourth-order valence-corrected chi connectivity index (χ4v) is 3.09. The minimum absolute atomic E-state index is 0.105. The number of amides is 1. The van der Waals surface area contributed by atoms with Crippen LogP contribution in [0.4, 0.5) is 0 Å². The average Bonchev–Trinajstić information content (AvgIpc) is 2.89. The molecule has 2 atom stereocenters. The fourth-order valence-electron chi connectivity index (χ4n) is 2.72. The maximum atomic E-state index is 12.3. The van der Waals surface area contributed by atoms with Gasteiger partial charge in [0.05, 0.1) is 11.1 Å². The van der Waals surface area contributed by atoms with Crippen LogP contribution >= 0.6 is 11.6 Å². The van der Waals surface area contributed by atoms with Crippen molar-refractivity contribution in [3.05, 3.63) is 36.2 Å². The highest BCUT2D eigenvalue weighted by atomic mass is 35.5. The number of hydrogen-bond acceptors (Lipinski definition) is 3. The molecule has 2 aromatic rings. The van der Waals surface area contributed by atoms with E-state index in [1.54, 1.807) is 18.5 Å². The van der Waals surface area contributed by atoms with Crippen molar-refractivity contribution in [3.8, 4) is 0 Å². The van der Waals surface area contributed by atoms with Crippen LogP contribution in [0.2, 0.25) is 0 Å². The second-order valence-electron chi connectivity index (χ2n) is 5.15. The number of halogens is 1. The zero-order valence-electron chi connectivity index (χ0n) is 11.1. The van der Waals surface area contributed by atoms with Crippen molar-refractivity contribution >= 4 is 28.5 Å². The van der Waals surface area contributed by atoms with Gasteiger partial charge < -0.3 is 5.32 Å². The Morgan fingerprint density at radius 1 is 1.30 bits per heavy atom. The molecule has 4 nitrogen and oxygen atoms in total. The Morgan fingerprint density at radius 3 is 2.95 bits per heavy atom. The Kier molecular flexibility index (Phi) is 3.83. The van der Waals surface area contributed by atoms with Gasteiger partial charge in [0.2, 0.25) is 0 Å². The van der Waals surface area contributed by atoms with Crippen molar-refractivity contribution in [3.63, 3.8) is 0 Å². The van der Waals surface area contributed by atoms with E-state index in [-0.39, 0.29) is 11.3 Å². The normalized spacial score (nSPS) is 22.1. The number of para-hydroxylation sites is 1. The smallest absolute Gasteiger partial charge is 0.253 e. The molecule has 1 saturated carbocycles. The van der Waals surface area contributed by atoms with Crippen molar-refractivity contribution in [1.82, 2.24) is 15.3 Å². The van der Waals surface area contributed by atoms with E-state index in [4.69, 9.17) is 11.6 Å². The summed E-state index contributed by atoms with van der Waals surface area (Å²) in [6.07, 6.45) is 6.51. The fraction of sp³-hybridized carbons (Fsp3) is 0.400. The summed E-state index contributed by atoms with van der Waals surface area (Å²) in [5.74, 6) is 0.272. The lowest BCUT2D eigenvalue weighted by molar-refractivity contribution is 0.0949. The molecule has 0 bridgehead atoms. The number of carbonyl (C=O) groups is 1. The third-order valence-corrected chi connectivity index (χ3v) is 4.41. The number of nitrogens with zero attached hydrogens (tertiary/aromatic N) is 2. The number of nitrogens with one attached hydrogen (secondary N) is 1. The summed E-state index contributed by atoms with van der Waals surface area (Å²) in [6.45, 7) is 0.629. The highest BCUT2D eigenvalue weighted by Crippen LogP contribution is 2.29. The van der Waals surface area contributed by atoms with Crippen LogP contribution < -0.4 is 5.32 Å². The predicted molar refractivity (Wildman–Crippen MR) is 78.9 cm³/mol. The van der Waals surface area contributed by atoms with Gasteiger partial charge in [0.1, 0.15) is 5.52 Å². The highest BCUT2D eigenvalue weighted by Gasteiger charge is 2.25. The van der Waals surface area contributed by atoms with Crippen LogP contribution in [0.3, 0.4) is 0 Å². The molecule has 20 heavy (non-hydrogen) atoms. The summed E-state index contributed by atoms with van der Waals surface area (Å²) >= 11 is 6.23. The molecule has 0 radical (unpaired) electrons. The van der Waals surface area contributed by atoms with E-state index in [9.17, 15) is 4.79 Å². The molecule has 3 rings (SSSR count). The summed E-state index contributed by atoms with van der Waals surface area (Å²) in [4.78, 5) is 20.8. The molecule has 0 aliphatic heterocycles. The molecule has 1 N–H and O–H groups in total. The Morgan fingerprint density at radius 2 is 2.15 bits per heavy atom. The number of carbonyl (C=O) groups excluding carboxylic acids is 1. The van der Waals surface area contributed by atoms with E-state index in [0.717, 1.165) is 24.8 Å². The van der Waals surface area contributed by atoms with Gasteiger partial charge in [-0.15, -0.1) is 11.6 Å². The third-order valence-electron chi connectivity index (χ3n) is 3.83. The van der Waals surface area contributed by atoms with E-state index in [1.807, 2.05) is 12.1 Å². The minimum atomic E-state index is -0.105. The standard InChI is InChI=1S/C15H16ClN3O/c16-12-5-1-3-10(12)9-19-15(20)11-4-2-6-13-14(11)18-8-7-17-13/h2,4,6-8,10,12H,1,3,5,9H2,(H,19,20). The van der Waals surface area contributed by atoms with Crippen LogP contribution in [0.5, 0.6) is 0 Å². The second kappa shape index (κ2) is 5.75. The minimum Gasteiger partial charge on any atom is -0.352 e. The van der Waals surface area contributed by atoms with Gasteiger partial charge in [0, 0.05) is 24.3 Å². The predicted octanol–water partition coefficient (Wildman–Crippen LogP) is 2.77. The van der Waals surface area contributed by atoms with Crippen LogP contribution in [-0.4, -0.2) is 27.8 Å². The molecule has 2 unspecified atom stereocenters. The number of alkyl halides is 1. The molecule has 5 heteroatoms. The second-order valence-corrected chi connectivity index (χ2v) is 5.71. The lowest BCUT2D eigenvalue weighted by atomic mass is 10.1. The van der Waals surface area contributed by atoms with Crippen LogP contribution in [0, 0.1) is 5.92 Å². The number of hydrogen-bond donors (Lipinski definition) is 1. The summed E-state index contributed by atoms with van der Waals surface area (Å²) < 4.78 is 0. The van der Waals surface area contributed by atoms with Gasteiger partial charge in [-0.05, 0) is 30.9 Å². The Balaban J connectivity index is 1.75. The third kappa shape index (κ3) is 2.61. The van der Waals surface area contributed by atoms with Gasteiger partial charge in [-0.3, -0.25) is 14.8 Å². The SMILES string of the molecule is O=C(NCC1CCCC1Cl)c1cccc2nccnc12. The molecule has 1 aliphatic carbocycles. The molecule has 1 amide bonds. The van der Waals surface area contributed by atoms with Crippen molar-refractivity contribution in [2.45, 2.75) is 24.6 Å². The monoisotopic (exact) mass is 289 g/mol. The summed E-state index contributed by atoms with van der Waals surface area (Å²) in [5.41, 5.74) is 1.94. The van der Waals surface area contributed by atoms with Crippen LogP contribution in [0.1, 0.15) is 29.6 Å². The van der Waals surface area contributed by atoms with Crippen molar-refractivity contribution in [2.75, 3.05) is 6.54 Å². The maximum Gasteiger partial charge on any atom is 0.253 e. The maximum absolute atomic E-state index is 12.3. The van der Waals surface area contributed by atoms with Gasteiger partial charge in [-0.25, -0.2) is 0 Å². The van der Waals surface area contributed by atoms with E-state index in [2.05, 4.69) is 15.3 Å². The summed E-state index contributed by atoms with van der Waals surface area (Å²) in [5, 5.41) is 3.16. The largest absolute Gasteiger partial charge is 0.352 e. The van der Waals surface area contributed by atoms with Crippen molar-refractivity contribution in [2.24, 2.45) is 5.92 Å².